The summed E-state index contributed by atoms with van der Waals surface area (Å²) in [6.07, 6.45) is 0. The van der Waals surface area contributed by atoms with Gasteiger partial charge >= 0.3 is 0 Å². The number of benzene rings is 2. The minimum Gasteiger partial charge on any atom is -0.399 e. The van der Waals surface area contributed by atoms with E-state index in [1.54, 1.807) is 0 Å². The number of hydrogen-bond donors (Lipinski definition) is 2. The van der Waals surface area contributed by atoms with Gasteiger partial charge in [-0.15, -0.1) is 0 Å². The number of halogens is 3. The van der Waals surface area contributed by atoms with Crippen LogP contribution in [0.2, 0.25) is 0 Å². The van der Waals surface area contributed by atoms with Crippen LogP contribution in [0.15, 0.2) is 57.5 Å². The second kappa shape index (κ2) is 13.1. The molecule has 0 radical (unpaired) electrons. The van der Waals surface area contributed by atoms with Crippen LogP contribution in [0.5, 0.6) is 0 Å². The molecule has 9 heteroatoms. The average molecular weight is 589 g/mol. The van der Waals surface area contributed by atoms with Crippen molar-refractivity contribution in [2.45, 2.75) is 51.0 Å². The Hall–Kier alpha value is -0.410. The van der Waals surface area contributed by atoms with Gasteiger partial charge in [0.2, 0.25) is 0 Å². The van der Waals surface area contributed by atoms with Crippen molar-refractivity contribution in [2.75, 3.05) is 10.5 Å². The Kier molecular flexibility index (Phi) is 12.9. The third-order valence-electron chi connectivity index (χ3n) is 2.92. The van der Waals surface area contributed by atoms with Crippen molar-refractivity contribution in [1.82, 2.24) is 0 Å². The van der Waals surface area contributed by atoms with Crippen LogP contribution in [0.1, 0.15) is 41.5 Å². The lowest BCUT2D eigenvalue weighted by Crippen LogP contribution is -2.27. The van der Waals surface area contributed by atoms with E-state index in [2.05, 4.69) is 36.6 Å². The summed E-state index contributed by atoms with van der Waals surface area (Å²) < 4.78 is 26.5. The van der Waals surface area contributed by atoms with Crippen LogP contribution in [0, 0.1) is 0 Å². The Balaban J connectivity index is 0.000000444. The number of hydrogen-bond acceptors (Lipinski definition) is 3. The molecule has 0 aromatic heterocycles. The van der Waals surface area contributed by atoms with Crippen LogP contribution in [0.25, 0.3) is 0 Å². The van der Waals surface area contributed by atoms with E-state index in [1.807, 2.05) is 90.1 Å². The zero-order valence-electron chi connectivity index (χ0n) is 17.5. The summed E-state index contributed by atoms with van der Waals surface area (Å²) in [5.74, 6) is 0. The maximum absolute atomic E-state index is 11.7. The summed E-state index contributed by atoms with van der Waals surface area (Å²) in [4.78, 5) is 0. The molecule has 0 aliphatic heterocycles. The molecule has 2 aromatic rings. The summed E-state index contributed by atoms with van der Waals surface area (Å²) >= 11 is 6.65. The molecule has 0 fully saturated rings. The highest BCUT2D eigenvalue weighted by atomic mass is 79.9. The van der Waals surface area contributed by atoms with Crippen molar-refractivity contribution in [1.29, 1.82) is 0 Å². The molecule has 2 atom stereocenters. The van der Waals surface area contributed by atoms with E-state index in [9.17, 15) is 8.42 Å². The van der Waals surface area contributed by atoms with Crippen LogP contribution in [0.3, 0.4) is 0 Å². The van der Waals surface area contributed by atoms with Gasteiger partial charge in [-0.2, -0.15) is 0 Å². The van der Waals surface area contributed by atoms with E-state index < -0.39 is 21.0 Å². The molecule has 0 spiro atoms. The molecule has 0 aliphatic carbocycles. The van der Waals surface area contributed by atoms with Crippen LogP contribution < -0.4 is 10.5 Å². The summed E-state index contributed by atoms with van der Waals surface area (Å²) in [5, 5.41) is 0. The summed E-state index contributed by atoms with van der Waals surface area (Å²) in [6, 6.07) is 15.2. The molecular weight excluding hydrogens is 560 g/mol. The fourth-order valence-electron chi connectivity index (χ4n) is 1.32. The number of nitrogen functional groups attached to an aromatic ring is 1. The van der Waals surface area contributed by atoms with Gasteiger partial charge < -0.3 is 10.5 Å². The maximum Gasteiger partial charge on any atom is 0.122 e. The van der Waals surface area contributed by atoms with Crippen LogP contribution in [-0.2, 0) is 21.0 Å². The molecule has 0 heterocycles. The molecular formula is C20H29Br2ClN2O2S2. The molecule has 0 bridgehead atoms. The molecule has 0 amide bonds. The first-order valence-electron chi connectivity index (χ1n) is 8.66. The predicted octanol–water partition coefficient (Wildman–Crippen LogP) is 7.04. The summed E-state index contributed by atoms with van der Waals surface area (Å²) in [5.41, 5.74) is 7.09. The second-order valence-electron chi connectivity index (χ2n) is 7.88. The smallest absolute Gasteiger partial charge is 0.122 e. The average Bonchev–Trinajstić information content (AvgIpc) is 2.54. The van der Waals surface area contributed by atoms with E-state index in [4.69, 9.17) is 16.4 Å². The molecule has 164 valence electrons. The maximum atomic E-state index is 11.7. The Bertz CT molecular complexity index is 805. The standard InChI is InChI=1S/C10H14BrNOS.C6H6BrN.C4H9ClOS/c1-10(2,3)14(13)12-9-6-4-5-8(11)7-9;7-5-2-1-3-6(8)4-5;1-4(2,3)7(5)6/h4-7,12H,1-3H3;1-4H,8H2;1-3H3. The molecule has 3 N–H and O–H groups in total. The van der Waals surface area contributed by atoms with E-state index in [1.165, 1.54) is 0 Å². The van der Waals surface area contributed by atoms with E-state index in [0.717, 1.165) is 20.3 Å². The Labute approximate surface area is 201 Å². The van der Waals surface area contributed by atoms with Crippen molar-refractivity contribution in [3.63, 3.8) is 0 Å². The van der Waals surface area contributed by atoms with Crippen molar-refractivity contribution >= 4 is 74.9 Å². The number of nitrogens with one attached hydrogen (secondary N) is 1. The highest BCUT2D eigenvalue weighted by Gasteiger charge is 2.19. The molecule has 29 heavy (non-hydrogen) atoms. The molecule has 2 rings (SSSR count). The topological polar surface area (TPSA) is 72.2 Å². The summed E-state index contributed by atoms with van der Waals surface area (Å²) in [7, 11) is 2.95. The van der Waals surface area contributed by atoms with Gasteiger partial charge in [0.05, 0.1) is 9.49 Å². The molecule has 0 saturated heterocycles. The van der Waals surface area contributed by atoms with Gasteiger partial charge in [-0.05, 0) is 88.6 Å². The van der Waals surface area contributed by atoms with Gasteiger partial charge in [-0.1, -0.05) is 44.0 Å². The molecule has 2 unspecified atom stereocenters. The lowest BCUT2D eigenvalue weighted by atomic mass is 10.3. The van der Waals surface area contributed by atoms with Crippen molar-refractivity contribution in [3.05, 3.63) is 57.5 Å². The van der Waals surface area contributed by atoms with Gasteiger partial charge in [0, 0.05) is 20.3 Å². The Morgan fingerprint density at radius 3 is 1.62 bits per heavy atom. The van der Waals surface area contributed by atoms with Gasteiger partial charge in [0.25, 0.3) is 0 Å². The van der Waals surface area contributed by atoms with Crippen LogP contribution in [-0.4, -0.2) is 17.9 Å². The zero-order valence-corrected chi connectivity index (χ0v) is 23.0. The highest BCUT2D eigenvalue weighted by molar-refractivity contribution is 9.10. The zero-order chi connectivity index (χ0) is 22.8. The molecule has 2 aromatic carbocycles. The fourth-order valence-corrected chi connectivity index (χ4v) is 2.78. The van der Waals surface area contributed by atoms with E-state index in [-0.39, 0.29) is 9.49 Å². The summed E-state index contributed by atoms with van der Waals surface area (Å²) in [6.45, 7) is 11.3. The van der Waals surface area contributed by atoms with Crippen LogP contribution >= 0.6 is 42.5 Å². The predicted molar refractivity (Wildman–Crippen MR) is 138 cm³/mol. The molecule has 4 nitrogen and oxygen atoms in total. The first kappa shape index (κ1) is 28.6. The van der Waals surface area contributed by atoms with Gasteiger partial charge in [0.1, 0.15) is 21.0 Å². The van der Waals surface area contributed by atoms with Gasteiger partial charge in [-0.3, -0.25) is 0 Å². The largest absolute Gasteiger partial charge is 0.399 e. The SMILES string of the molecule is CC(C)(C)S(=O)Cl.CC(C)(C)S(=O)Nc1cccc(Br)c1.Nc1cccc(Br)c1. The monoisotopic (exact) mass is 586 g/mol. The van der Waals surface area contributed by atoms with Gasteiger partial charge in [-0.25, -0.2) is 8.42 Å². The Morgan fingerprint density at radius 2 is 1.31 bits per heavy atom. The van der Waals surface area contributed by atoms with E-state index in [0.29, 0.717) is 0 Å². The number of anilines is 2. The highest BCUT2D eigenvalue weighted by Crippen LogP contribution is 2.19. The first-order valence-corrected chi connectivity index (χ1v) is 13.4. The fraction of sp³-hybridized carbons (Fsp3) is 0.400. The van der Waals surface area contributed by atoms with Crippen molar-refractivity contribution < 1.29 is 8.42 Å². The second-order valence-corrected chi connectivity index (χ2v) is 14.2. The number of rotatable bonds is 2. The lowest BCUT2D eigenvalue weighted by molar-refractivity contribution is 0.653. The lowest BCUT2D eigenvalue weighted by Gasteiger charge is -2.18. The number of nitrogens with two attached hydrogens (primary N) is 1. The Morgan fingerprint density at radius 1 is 0.862 bits per heavy atom. The quantitative estimate of drug-likeness (QED) is 0.292. The van der Waals surface area contributed by atoms with Crippen LogP contribution in [0.4, 0.5) is 11.4 Å². The molecule has 0 aliphatic rings. The normalized spacial score (nSPS) is 13.1. The third-order valence-corrected chi connectivity index (χ3v) is 7.79. The minimum atomic E-state index is -1.21. The first-order chi connectivity index (χ1) is 13.1. The van der Waals surface area contributed by atoms with Crippen molar-refractivity contribution in [2.24, 2.45) is 0 Å². The third kappa shape index (κ3) is 14.3. The van der Waals surface area contributed by atoms with Crippen molar-refractivity contribution in [3.8, 4) is 0 Å². The minimum absolute atomic E-state index is 0.248. The molecule has 0 saturated carbocycles. The van der Waals surface area contributed by atoms with Gasteiger partial charge in [0.15, 0.2) is 0 Å². The van der Waals surface area contributed by atoms with E-state index >= 15 is 0 Å².